The molecule has 9 rings (SSSR count). The number of thiophene rings is 2. The summed E-state index contributed by atoms with van der Waals surface area (Å²) in [6.07, 6.45) is 2.26. The molecule has 6 aromatic rings. The molecule has 2 unspecified atom stereocenters. The Labute approximate surface area is 395 Å². The van der Waals surface area contributed by atoms with Gasteiger partial charge in [0.2, 0.25) is 0 Å². The average Bonchev–Trinajstić information content (AvgIpc) is 4.00. The Morgan fingerprint density at radius 3 is 1.75 bits per heavy atom. The molecule has 65 heavy (non-hydrogen) atoms. The summed E-state index contributed by atoms with van der Waals surface area (Å²) in [6.45, 7) is 13.4. The average molecular weight is 952 g/mol. The zero-order valence-electron chi connectivity index (χ0n) is 37.0. The largest absolute Gasteiger partial charge is 0.469 e. The number of ketones is 1. The van der Waals surface area contributed by atoms with E-state index < -0.39 is 18.1 Å². The van der Waals surface area contributed by atoms with E-state index in [4.69, 9.17) is 37.9 Å². The number of Topliss-reactive ketones (excluding diaryl/α,β-unsaturated/α-hetero) is 1. The molecule has 2 aromatic carbocycles. The maximum atomic E-state index is 14.4. The summed E-state index contributed by atoms with van der Waals surface area (Å²) in [4.78, 5) is 57.2. The quantitative estimate of drug-likeness (QED) is 0.0866. The second-order valence-electron chi connectivity index (χ2n) is 16.7. The van der Waals surface area contributed by atoms with E-state index in [-0.39, 0.29) is 24.5 Å². The lowest BCUT2D eigenvalue weighted by molar-refractivity contribution is -0.141. The minimum atomic E-state index is -0.653. The highest BCUT2D eigenvalue weighted by molar-refractivity contribution is 7.17. The molecular weight excluding hydrogens is 904 g/mol. The van der Waals surface area contributed by atoms with Crippen LogP contribution in [0, 0.1) is 34.6 Å². The first kappa shape index (κ1) is 44.8. The topological polar surface area (TPSA) is 153 Å². The lowest BCUT2D eigenvalue weighted by Crippen LogP contribution is -2.48. The van der Waals surface area contributed by atoms with Gasteiger partial charge in [-0.3, -0.25) is 38.4 Å². The van der Waals surface area contributed by atoms with Crippen molar-refractivity contribution in [2.24, 2.45) is 9.98 Å². The maximum absolute atomic E-state index is 14.4. The molecule has 3 aliphatic heterocycles. The third-order valence-electron chi connectivity index (χ3n) is 12.5. The molecule has 0 N–H and O–H groups in total. The number of piperazine rings is 1. The van der Waals surface area contributed by atoms with Crippen molar-refractivity contribution in [1.82, 2.24) is 39.3 Å². The van der Waals surface area contributed by atoms with Crippen molar-refractivity contribution in [3.05, 3.63) is 125 Å². The van der Waals surface area contributed by atoms with E-state index in [1.165, 1.54) is 23.3 Å². The molecule has 0 spiro atoms. The number of carbonyl (C=O) groups is 3. The molecule has 0 aliphatic carbocycles. The molecule has 0 saturated carbocycles. The number of rotatable bonds is 12. The molecule has 1 saturated heterocycles. The molecule has 0 radical (unpaired) electrons. The summed E-state index contributed by atoms with van der Waals surface area (Å²) in [6, 6.07) is 14.0. The standard InChI is InChI=1S/C47H48Cl2N10O4S2/c1-25-27(3)64-46-38(25)40(30-10-14-32(48)15-11-30)50-35(43-54-52-28(4)58(43)46)23-34(60)9-7-8-18-56-19-21-57(22-20-56)45(62)42-26(2)39-41(31-12-16-33(49)17-13-31)51-36(24-37(61)63-6)44-55-53-29(5)59(44)47(39)65-42/h10-17,35-36H,7-9,18-24H2,1-6H3. The second kappa shape index (κ2) is 18.5. The van der Waals surface area contributed by atoms with Gasteiger partial charge in [0.25, 0.3) is 5.91 Å². The number of benzene rings is 2. The van der Waals surface area contributed by atoms with Crippen LogP contribution in [0.5, 0.6) is 0 Å². The summed E-state index contributed by atoms with van der Waals surface area (Å²) in [5.74, 6) is 2.27. The second-order valence-corrected chi connectivity index (χ2v) is 19.8. The number of aliphatic imine (C=N–C) groups is 2. The molecule has 2 atom stereocenters. The molecule has 18 heteroatoms. The van der Waals surface area contributed by atoms with Crippen molar-refractivity contribution >= 4 is 75.0 Å². The van der Waals surface area contributed by atoms with Gasteiger partial charge in [-0.2, -0.15) is 0 Å². The fourth-order valence-electron chi connectivity index (χ4n) is 8.89. The van der Waals surface area contributed by atoms with Gasteiger partial charge in [-0.15, -0.1) is 43.1 Å². The Hall–Kier alpha value is -5.39. The zero-order chi connectivity index (χ0) is 45.7. The van der Waals surface area contributed by atoms with Crippen molar-refractivity contribution in [1.29, 1.82) is 0 Å². The number of carbonyl (C=O) groups excluding carboxylic acids is 3. The van der Waals surface area contributed by atoms with Crippen LogP contribution in [0.25, 0.3) is 10.0 Å². The molecule has 3 aliphatic rings. The Bertz CT molecular complexity index is 2890. The van der Waals surface area contributed by atoms with Crippen molar-refractivity contribution in [3.63, 3.8) is 0 Å². The highest BCUT2D eigenvalue weighted by atomic mass is 35.5. The van der Waals surface area contributed by atoms with E-state index >= 15 is 0 Å². The molecule has 14 nitrogen and oxygen atoms in total. The first-order chi connectivity index (χ1) is 31.3. The lowest BCUT2D eigenvalue weighted by atomic mass is 9.99. The number of aryl methyl sites for hydroxylation is 3. The van der Waals surface area contributed by atoms with Crippen molar-refractivity contribution in [2.75, 3.05) is 39.8 Å². The molecule has 7 heterocycles. The predicted octanol–water partition coefficient (Wildman–Crippen LogP) is 8.75. The predicted molar refractivity (Wildman–Crippen MR) is 254 cm³/mol. The maximum Gasteiger partial charge on any atom is 0.308 e. The van der Waals surface area contributed by atoms with E-state index in [0.29, 0.717) is 57.6 Å². The van der Waals surface area contributed by atoms with E-state index in [0.717, 1.165) is 87.4 Å². The van der Waals surface area contributed by atoms with Crippen molar-refractivity contribution in [2.45, 2.75) is 78.8 Å². The van der Waals surface area contributed by atoms with Crippen molar-refractivity contribution < 1.29 is 19.1 Å². The van der Waals surface area contributed by atoms with Crippen LogP contribution in [0.2, 0.25) is 10.0 Å². The molecule has 1 amide bonds. The summed E-state index contributed by atoms with van der Waals surface area (Å²) >= 11 is 15.7. The third kappa shape index (κ3) is 8.62. The van der Waals surface area contributed by atoms with E-state index in [9.17, 15) is 14.4 Å². The van der Waals surface area contributed by atoms with Crippen LogP contribution in [0.1, 0.15) is 115 Å². The van der Waals surface area contributed by atoms with Crippen molar-refractivity contribution in [3.8, 4) is 10.0 Å². The Kier molecular flexibility index (Phi) is 12.7. The summed E-state index contributed by atoms with van der Waals surface area (Å²) in [7, 11) is 1.35. The minimum absolute atomic E-state index is 0.0187. The van der Waals surface area contributed by atoms with Crippen LogP contribution < -0.4 is 0 Å². The van der Waals surface area contributed by atoms with Gasteiger partial charge >= 0.3 is 5.97 Å². The number of fused-ring (bicyclic) bond motifs is 6. The fourth-order valence-corrected chi connectivity index (χ4v) is 11.7. The smallest absolute Gasteiger partial charge is 0.308 e. The van der Waals surface area contributed by atoms with Crippen LogP contribution in [-0.4, -0.2) is 108 Å². The SMILES string of the molecule is COC(=O)CC1N=C(c2ccc(Cl)cc2)c2c(sc(C(=O)N3CCN(CCCCC(=O)CC4N=C(c5ccc(Cl)cc5)c5c(sc(C)c5C)-n5c(C)nnc54)CC3)c2C)-n2c(C)nnc21. The number of hydrogen-bond donors (Lipinski definition) is 0. The van der Waals surface area contributed by atoms with Gasteiger partial charge < -0.3 is 9.64 Å². The Balaban J connectivity index is 0.852. The minimum Gasteiger partial charge on any atom is -0.469 e. The number of esters is 1. The summed E-state index contributed by atoms with van der Waals surface area (Å²) < 4.78 is 9.02. The number of halogens is 2. The highest BCUT2D eigenvalue weighted by Gasteiger charge is 2.36. The normalized spacial score (nSPS) is 17.0. The fraction of sp³-hybridized carbons (Fsp3) is 0.383. The number of aromatic nitrogens is 6. The summed E-state index contributed by atoms with van der Waals surface area (Å²) in [5, 5.41) is 20.9. The number of ether oxygens (including phenoxy) is 1. The van der Waals surface area contributed by atoms with Crippen LogP contribution >= 0.6 is 45.9 Å². The van der Waals surface area contributed by atoms with Crippen LogP contribution in [0.4, 0.5) is 0 Å². The number of amides is 1. The molecule has 1 fully saturated rings. The van der Waals surface area contributed by atoms with Crippen LogP contribution in [0.3, 0.4) is 0 Å². The first-order valence-electron chi connectivity index (χ1n) is 21.7. The van der Waals surface area contributed by atoms with E-state index in [2.05, 4.69) is 43.7 Å². The number of nitrogens with zero attached hydrogens (tertiary/aromatic N) is 10. The summed E-state index contributed by atoms with van der Waals surface area (Å²) in [5.41, 5.74) is 7.04. The highest BCUT2D eigenvalue weighted by Crippen LogP contribution is 2.42. The number of hydrogen-bond acceptors (Lipinski definition) is 13. The van der Waals surface area contributed by atoms with Crippen LogP contribution in [-0.2, 0) is 14.3 Å². The van der Waals surface area contributed by atoms with Gasteiger partial charge in [0, 0.05) is 76.2 Å². The number of methoxy groups -OCH3 is 1. The van der Waals surface area contributed by atoms with E-state index in [1.54, 1.807) is 23.5 Å². The van der Waals surface area contributed by atoms with Gasteiger partial charge in [-0.05, 0) is 89.4 Å². The monoisotopic (exact) mass is 950 g/mol. The van der Waals surface area contributed by atoms with Gasteiger partial charge in [0.15, 0.2) is 11.6 Å². The zero-order valence-corrected chi connectivity index (χ0v) is 40.2. The number of unbranched alkanes of at least 4 members (excludes halogenated alkanes) is 1. The van der Waals surface area contributed by atoms with Gasteiger partial charge in [-0.25, -0.2) is 0 Å². The van der Waals surface area contributed by atoms with Gasteiger partial charge in [-0.1, -0.05) is 47.5 Å². The van der Waals surface area contributed by atoms with Gasteiger partial charge in [0.1, 0.15) is 39.5 Å². The third-order valence-corrected chi connectivity index (χ3v) is 15.5. The molecule has 0 bridgehead atoms. The Morgan fingerprint density at radius 2 is 1.20 bits per heavy atom. The van der Waals surface area contributed by atoms with Crippen LogP contribution in [0.15, 0.2) is 58.5 Å². The lowest BCUT2D eigenvalue weighted by Gasteiger charge is -2.34. The first-order valence-corrected chi connectivity index (χ1v) is 24.1. The van der Waals surface area contributed by atoms with E-state index in [1.807, 2.05) is 66.6 Å². The van der Waals surface area contributed by atoms with Gasteiger partial charge in [0.05, 0.1) is 29.8 Å². The molecular formula is C47H48Cl2N10O4S2. The molecule has 336 valence electrons. The Morgan fingerprint density at radius 1 is 0.677 bits per heavy atom. The molecule has 4 aromatic heterocycles.